The second-order valence-electron chi connectivity index (χ2n) is 12.6. The Balaban J connectivity index is 0. The van der Waals surface area contributed by atoms with E-state index in [-0.39, 0.29) is 19.2 Å². The van der Waals surface area contributed by atoms with Gasteiger partial charge in [0.1, 0.15) is 12.7 Å². The van der Waals surface area contributed by atoms with Gasteiger partial charge >= 0.3 is 11.9 Å². The Bertz CT molecular complexity index is 660. The summed E-state index contributed by atoms with van der Waals surface area (Å²) >= 11 is 0. The number of hydrogen-bond acceptors (Lipinski definition) is 5. The molecule has 0 aliphatic rings. The highest BCUT2D eigenvalue weighted by Crippen LogP contribution is 2.14. The summed E-state index contributed by atoms with van der Waals surface area (Å²) in [6.07, 6.45) is 41.3. The Labute approximate surface area is 278 Å². The summed E-state index contributed by atoms with van der Waals surface area (Å²) < 4.78 is 4.86. The van der Waals surface area contributed by atoms with Crippen LogP contribution in [0.5, 0.6) is 0 Å². The Morgan fingerprint density at radius 1 is 0.556 bits per heavy atom. The number of ether oxygens (including phenoxy) is 1. The lowest BCUT2D eigenvalue weighted by atomic mass is 10.0. The number of carbonyl (C=O) groups excluding carboxylic acids is 1. The van der Waals surface area contributed by atoms with Crippen molar-refractivity contribution in [1.29, 1.82) is 0 Å². The van der Waals surface area contributed by atoms with Crippen molar-refractivity contribution in [2.24, 2.45) is 0 Å². The highest BCUT2D eigenvalue weighted by atomic mass is 16.5. The Morgan fingerprint density at radius 2 is 0.933 bits per heavy atom. The third-order valence-corrected chi connectivity index (χ3v) is 7.97. The van der Waals surface area contributed by atoms with Crippen molar-refractivity contribution in [3.05, 3.63) is 24.3 Å². The minimum Gasteiger partial charge on any atom is -0.481 e. The SMILES string of the molecule is CCCCC/C=C\C/C=C\CCCCCCCC(=O)O.CCCCCCCCCCCCCCCCCC(=O)OCC(O)CO. The largest absolute Gasteiger partial charge is 0.481 e. The molecule has 0 aromatic rings. The predicted octanol–water partition coefficient (Wildman–Crippen LogP) is 11.0. The van der Waals surface area contributed by atoms with Gasteiger partial charge in [0.05, 0.1) is 6.61 Å². The zero-order chi connectivity index (χ0) is 33.5. The molecule has 6 heteroatoms. The van der Waals surface area contributed by atoms with Crippen LogP contribution in [0.4, 0.5) is 0 Å². The lowest BCUT2D eigenvalue weighted by molar-refractivity contribution is -0.147. The number of carbonyl (C=O) groups is 2. The molecule has 45 heavy (non-hydrogen) atoms. The first-order valence-corrected chi connectivity index (χ1v) is 18.9. The average molecular weight is 639 g/mol. The molecule has 1 unspecified atom stereocenters. The van der Waals surface area contributed by atoms with Crippen molar-refractivity contribution in [1.82, 2.24) is 0 Å². The van der Waals surface area contributed by atoms with Crippen LogP contribution in [0.3, 0.4) is 0 Å². The highest BCUT2D eigenvalue weighted by Gasteiger charge is 2.07. The molecule has 0 amide bonds. The van der Waals surface area contributed by atoms with Gasteiger partial charge in [0.2, 0.25) is 0 Å². The van der Waals surface area contributed by atoms with Crippen molar-refractivity contribution in [2.45, 2.75) is 200 Å². The molecule has 266 valence electrons. The third kappa shape index (κ3) is 44.5. The summed E-state index contributed by atoms with van der Waals surface area (Å²) in [5.74, 6) is -0.946. The van der Waals surface area contributed by atoms with Crippen molar-refractivity contribution < 1.29 is 29.6 Å². The molecule has 0 heterocycles. The van der Waals surface area contributed by atoms with E-state index in [4.69, 9.17) is 20.1 Å². The second kappa shape index (κ2) is 40.4. The first-order chi connectivity index (χ1) is 22.0. The van der Waals surface area contributed by atoms with Crippen LogP contribution in [0.25, 0.3) is 0 Å². The first-order valence-electron chi connectivity index (χ1n) is 18.9. The van der Waals surface area contributed by atoms with E-state index in [2.05, 4.69) is 38.2 Å². The van der Waals surface area contributed by atoms with Crippen LogP contribution >= 0.6 is 0 Å². The van der Waals surface area contributed by atoms with Crippen molar-refractivity contribution in [2.75, 3.05) is 13.2 Å². The van der Waals surface area contributed by atoms with Crippen LogP contribution in [0, 0.1) is 0 Å². The maximum atomic E-state index is 11.4. The highest BCUT2D eigenvalue weighted by molar-refractivity contribution is 5.69. The van der Waals surface area contributed by atoms with Gasteiger partial charge in [-0.2, -0.15) is 0 Å². The normalized spacial score (nSPS) is 12.0. The molecule has 6 nitrogen and oxygen atoms in total. The number of unbranched alkanes of at least 4 members (excludes halogenated alkanes) is 22. The molecule has 0 aliphatic carbocycles. The molecule has 0 aromatic heterocycles. The van der Waals surface area contributed by atoms with E-state index in [0.29, 0.717) is 12.8 Å². The molecule has 0 aliphatic heterocycles. The molecule has 0 aromatic carbocycles. The Kier molecular flexibility index (Phi) is 40.8. The smallest absolute Gasteiger partial charge is 0.305 e. The van der Waals surface area contributed by atoms with Crippen LogP contribution in [0.2, 0.25) is 0 Å². The van der Waals surface area contributed by atoms with Crippen LogP contribution in [-0.2, 0) is 14.3 Å². The Morgan fingerprint density at radius 3 is 1.38 bits per heavy atom. The third-order valence-electron chi connectivity index (χ3n) is 7.97. The molecule has 0 spiro atoms. The van der Waals surface area contributed by atoms with E-state index in [1.807, 2.05) is 0 Å². The quantitative estimate of drug-likeness (QED) is 0.0375. The number of hydrogen-bond donors (Lipinski definition) is 3. The molecule has 1 atom stereocenters. The van der Waals surface area contributed by atoms with Crippen molar-refractivity contribution >= 4 is 11.9 Å². The molecule has 0 saturated heterocycles. The number of allylic oxidation sites excluding steroid dienone is 4. The fraction of sp³-hybridized carbons (Fsp3) is 0.846. The standard InChI is InChI=1S/C21H42O4.C18H32O2/c1-2-3-4-5-6-7-8-9-10-11-12-13-14-15-16-17-21(24)25-19-20(23)18-22;1-2-3-4-5-6-7-8-9-10-11-12-13-14-15-16-17-18(19)20/h20,22-23H,2-19H2,1H3;6-7,9-10H,2-5,8,11-17H2,1H3,(H,19,20)/b;7-6-,10-9-. The molecule has 0 saturated carbocycles. The number of esters is 1. The van der Waals surface area contributed by atoms with Gasteiger partial charge in [0, 0.05) is 12.8 Å². The molecular weight excluding hydrogens is 564 g/mol. The van der Waals surface area contributed by atoms with Crippen molar-refractivity contribution in [3.63, 3.8) is 0 Å². The summed E-state index contributed by atoms with van der Waals surface area (Å²) in [6.45, 7) is 4.03. The number of carboxylic acid groups (broad SMARTS) is 1. The minimum absolute atomic E-state index is 0.103. The minimum atomic E-state index is -0.954. The van der Waals surface area contributed by atoms with Crippen molar-refractivity contribution in [3.8, 4) is 0 Å². The fourth-order valence-electron chi connectivity index (χ4n) is 5.04. The van der Waals surface area contributed by atoms with Gasteiger partial charge < -0.3 is 20.1 Å². The number of aliphatic hydroxyl groups is 2. The second-order valence-corrected chi connectivity index (χ2v) is 12.6. The lowest BCUT2D eigenvalue weighted by Crippen LogP contribution is -2.21. The van der Waals surface area contributed by atoms with Gasteiger partial charge in [-0.1, -0.05) is 160 Å². The number of aliphatic carboxylic acids is 1. The van der Waals surface area contributed by atoms with E-state index in [1.54, 1.807) is 0 Å². The summed E-state index contributed by atoms with van der Waals surface area (Å²) in [5.41, 5.74) is 0. The van der Waals surface area contributed by atoms with Crippen LogP contribution in [0.15, 0.2) is 24.3 Å². The molecular formula is C39H74O6. The zero-order valence-electron chi connectivity index (χ0n) is 29.7. The molecule has 3 N–H and O–H groups in total. The van der Waals surface area contributed by atoms with Gasteiger partial charge in [0.25, 0.3) is 0 Å². The monoisotopic (exact) mass is 639 g/mol. The van der Waals surface area contributed by atoms with E-state index in [9.17, 15) is 9.59 Å². The maximum absolute atomic E-state index is 11.4. The van der Waals surface area contributed by atoms with Gasteiger partial charge in [-0.3, -0.25) is 9.59 Å². The lowest BCUT2D eigenvalue weighted by Gasteiger charge is -2.08. The number of aliphatic hydroxyl groups excluding tert-OH is 2. The molecule has 0 fully saturated rings. The summed E-state index contributed by atoms with van der Waals surface area (Å²) in [4.78, 5) is 21.7. The predicted molar refractivity (Wildman–Crippen MR) is 191 cm³/mol. The summed E-state index contributed by atoms with van der Waals surface area (Å²) in [6, 6.07) is 0. The fourth-order valence-corrected chi connectivity index (χ4v) is 5.04. The van der Waals surface area contributed by atoms with Crippen LogP contribution in [-0.4, -0.2) is 46.6 Å². The summed E-state index contributed by atoms with van der Waals surface area (Å²) in [7, 11) is 0. The van der Waals surface area contributed by atoms with Gasteiger partial charge in [-0.15, -0.1) is 0 Å². The summed E-state index contributed by atoms with van der Waals surface area (Å²) in [5, 5.41) is 26.2. The first kappa shape index (κ1) is 45.5. The Hall–Kier alpha value is -1.66. The number of rotatable bonds is 33. The van der Waals surface area contributed by atoms with E-state index >= 15 is 0 Å². The zero-order valence-corrected chi connectivity index (χ0v) is 29.7. The van der Waals surface area contributed by atoms with E-state index in [1.165, 1.54) is 128 Å². The average Bonchev–Trinajstić information content (AvgIpc) is 3.03. The van der Waals surface area contributed by atoms with E-state index in [0.717, 1.165) is 38.5 Å². The molecule has 0 rings (SSSR count). The molecule has 0 radical (unpaired) electrons. The maximum Gasteiger partial charge on any atom is 0.305 e. The van der Waals surface area contributed by atoms with Crippen LogP contribution in [0.1, 0.15) is 194 Å². The van der Waals surface area contributed by atoms with Crippen LogP contribution < -0.4 is 0 Å². The van der Waals surface area contributed by atoms with E-state index < -0.39 is 12.1 Å². The number of carboxylic acids is 1. The van der Waals surface area contributed by atoms with Gasteiger partial charge in [-0.05, 0) is 44.9 Å². The topological polar surface area (TPSA) is 104 Å². The van der Waals surface area contributed by atoms with Gasteiger partial charge in [0.15, 0.2) is 0 Å². The molecule has 0 bridgehead atoms. The van der Waals surface area contributed by atoms with Gasteiger partial charge in [-0.25, -0.2) is 0 Å².